The van der Waals surface area contributed by atoms with Gasteiger partial charge in [0.25, 0.3) is 0 Å². The number of nitrogens with one attached hydrogen (secondary N) is 1. The lowest BCUT2D eigenvalue weighted by Gasteiger charge is -2.11. The van der Waals surface area contributed by atoms with Crippen LogP contribution in [-0.2, 0) is 6.54 Å². The zero-order chi connectivity index (χ0) is 13.8. The monoisotopic (exact) mass is 291 g/mol. The van der Waals surface area contributed by atoms with Gasteiger partial charge >= 0.3 is 0 Å². The van der Waals surface area contributed by atoms with Crippen molar-refractivity contribution in [2.75, 3.05) is 7.05 Å². The molecular weight excluding hydrogens is 274 g/mol. The molecule has 0 heterocycles. The first-order valence-electron chi connectivity index (χ1n) is 6.29. The van der Waals surface area contributed by atoms with E-state index in [1.807, 2.05) is 19.2 Å². The van der Waals surface area contributed by atoms with Gasteiger partial charge in [-0.3, -0.25) is 0 Å². The van der Waals surface area contributed by atoms with E-state index in [1.165, 1.54) is 21.6 Å². The standard InChI is InChI=1S/C16H18ClNS/c1-11-7-8-14(9-12(11)2)19-16-13(10-18-3)5-4-6-15(16)17/h4-9,18H,10H2,1-3H3. The number of benzene rings is 2. The molecule has 2 aromatic rings. The largest absolute Gasteiger partial charge is 0.316 e. The van der Waals surface area contributed by atoms with Crippen molar-refractivity contribution < 1.29 is 0 Å². The van der Waals surface area contributed by atoms with Crippen LogP contribution in [0.3, 0.4) is 0 Å². The van der Waals surface area contributed by atoms with Crippen molar-refractivity contribution in [1.29, 1.82) is 0 Å². The van der Waals surface area contributed by atoms with Crippen molar-refractivity contribution in [3.8, 4) is 0 Å². The molecule has 0 aliphatic rings. The van der Waals surface area contributed by atoms with Gasteiger partial charge in [0.2, 0.25) is 0 Å². The molecule has 19 heavy (non-hydrogen) atoms. The first kappa shape index (κ1) is 14.4. The van der Waals surface area contributed by atoms with Crippen molar-refractivity contribution in [1.82, 2.24) is 5.32 Å². The lowest BCUT2D eigenvalue weighted by molar-refractivity contribution is 0.803. The zero-order valence-electron chi connectivity index (χ0n) is 11.5. The second-order valence-electron chi connectivity index (χ2n) is 4.61. The van der Waals surface area contributed by atoms with Gasteiger partial charge in [-0.05, 0) is 55.8 Å². The average molecular weight is 292 g/mol. The fourth-order valence-electron chi connectivity index (χ4n) is 1.89. The Morgan fingerprint density at radius 1 is 1.11 bits per heavy atom. The Balaban J connectivity index is 2.34. The summed E-state index contributed by atoms with van der Waals surface area (Å²) >= 11 is 8.07. The van der Waals surface area contributed by atoms with Crippen molar-refractivity contribution >= 4 is 23.4 Å². The predicted molar refractivity (Wildman–Crippen MR) is 84.3 cm³/mol. The number of hydrogen-bond acceptors (Lipinski definition) is 2. The van der Waals surface area contributed by atoms with Crippen molar-refractivity contribution in [3.05, 3.63) is 58.1 Å². The van der Waals surface area contributed by atoms with E-state index in [2.05, 4.69) is 43.4 Å². The highest BCUT2D eigenvalue weighted by atomic mass is 35.5. The summed E-state index contributed by atoms with van der Waals surface area (Å²) < 4.78 is 0. The summed E-state index contributed by atoms with van der Waals surface area (Å²) in [7, 11) is 1.95. The summed E-state index contributed by atoms with van der Waals surface area (Å²) in [5.41, 5.74) is 3.87. The van der Waals surface area contributed by atoms with Gasteiger partial charge in [0.05, 0.1) is 5.02 Å². The third-order valence-corrected chi connectivity index (χ3v) is 4.72. The number of rotatable bonds is 4. The normalized spacial score (nSPS) is 10.7. The molecule has 0 amide bonds. The molecule has 0 unspecified atom stereocenters. The second kappa shape index (κ2) is 6.47. The first-order chi connectivity index (χ1) is 9.11. The first-order valence-corrected chi connectivity index (χ1v) is 7.48. The van der Waals surface area contributed by atoms with E-state index in [4.69, 9.17) is 11.6 Å². The molecule has 0 saturated heterocycles. The summed E-state index contributed by atoms with van der Waals surface area (Å²) in [6, 6.07) is 12.6. The third-order valence-electron chi connectivity index (χ3n) is 3.11. The lowest BCUT2D eigenvalue weighted by atomic mass is 10.1. The molecule has 2 rings (SSSR count). The van der Waals surface area contributed by atoms with E-state index in [9.17, 15) is 0 Å². The highest BCUT2D eigenvalue weighted by molar-refractivity contribution is 7.99. The molecule has 1 N–H and O–H groups in total. The maximum Gasteiger partial charge on any atom is 0.0548 e. The Kier molecular flexibility index (Phi) is 4.92. The molecular formula is C16H18ClNS. The minimum Gasteiger partial charge on any atom is -0.316 e. The van der Waals surface area contributed by atoms with Crippen molar-refractivity contribution in [2.45, 2.75) is 30.2 Å². The topological polar surface area (TPSA) is 12.0 Å². The van der Waals surface area contributed by atoms with Crippen LogP contribution in [0.1, 0.15) is 16.7 Å². The Hall–Kier alpha value is -0.960. The van der Waals surface area contributed by atoms with E-state index in [1.54, 1.807) is 11.8 Å². The van der Waals surface area contributed by atoms with Crippen LogP contribution in [0.5, 0.6) is 0 Å². The lowest BCUT2D eigenvalue weighted by Crippen LogP contribution is -2.06. The molecule has 0 aliphatic heterocycles. The smallest absolute Gasteiger partial charge is 0.0548 e. The van der Waals surface area contributed by atoms with Gasteiger partial charge in [-0.2, -0.15) is 0 Å². The molecule has 100 valence electrons. The molecule has 0 radical (unpaired) electrons. The SMILES string of the molecule is CNCc1cccc(Cl)c1Sc1ccc(C)c(C)c1. The summed E-state index contributed by atoms with van der Waals surface area (Å²) in [5, 5.41) is 4.00. The molecule has 1 nitrogen and oxygen atoms in total. The van der Waals surface area contributed by atoms with Crippen LogP contribution in [0.15, 0.2) is 46.2 Å². The van der Waals surface area contributed by atoms with Crippen LogP contribution in [0, 0.1) is 13.8 Å². The van der Waals surface area contributed by atoms with Crippen molar-refractivity contribution in [2.24, 2.45) is 0 Å². The minimum absolute atomic E-state index is 0.816. The molecule has 3 heteroatoms. The maximum absolute atomic E-state index is 6.34. The Morgan fingerprint density at radius 2 is 1.89 bits per heavy atom. The maximum atomic E-state index is 6.34. The van der Waals surface area contributed by atoms with Gasteiger partial charge in [-0.15, -0.1) is 0 Å². The van der Waals surface area contributed by atoms with Gasteiger partial charge in [0, 0.05) is 16.3 Å². The summed E-state index contributed by atoms with van der Waals surface area (Å²) in [6.07, 6.45) is 0. The van der Waals surface area contributed by atoms with E-state index < -0.39 is 0 Å². The fourth-order valence-corrected chi connectivity index (χ4v) is 3.25. The number of halogens is 1. The number of aryl methyl sites for hydroxylation is 2. The highest BCUT2D eigenvalue weighted by Crippen LogP contribution is 2.36. The summed E-state index contributed by atoms with van der Waals surface area (Å²) in [5.74, 6) is 0. The molecule has 0 atom stereocenters. The van der Waals surface area contributed by atoms with Crippen LogP contribution in [0.2, 0.25) is 5.02 Å². The zero-order valence-corrected chi connectivity index (χ0v) is 13.0. The molecule has 0 aromatic heterocycles. The quantitative estimate of drug-likeness (QED) is 0.866. The minimum atomic E-state index is 0.816. The van der Waals surface area contributed by atoms with E-state index in [0.717, 1.165) is 16.5 Å². The molecule has 0 aliphatic carbocycles. The summed E-state index contributed by atoms with van der Waals surface area (Å²) in [6.45, 7) is 5.10. The Morgan fingerprint density at radius 3 is 2.58 bits per heavy atom. The Bertz CT molecular complexity index is 581. The molecule has 0 bridgehead atoms. The number of hydrogen-bond donors (Lipinski definition) is 1. The third kappa shape index (κ3) is 3.53. The summed E-state index contributed by atoms with van der Waals surface area (Å²) in [4.78, 5) is 2.37. The van der Waals surface area contributed by atoms with Gasteiger partial charge in [-0.25, -0.2) is 0 Å². The molecule has 2 aromatic carbocycles. The van der Waals surface area contributed by atoms with E-state index in [0.29, 0.717) is 0 Å². The van der Waals surface area contributed by atoms with E-state index >= 15 is 0 Å². The van der Waals surface area contributed by atoms with Gasteiger partial charge in [0.1, 0.15) is 0 Å². The molecule has 0 fully saturated rings. The van der Waals surface area contributed by atoms with Crippen LogP contribution < -0.4 is 5.32 Å². The van der Waals surface area contributed by atoms with Gasteiger partial charge in [-0.1, -0.05) is 41.6 Å². The fraction of sp³-hybridized carbons (Fsp3) is 0.250. The van der Waals surface area contributed by atoms with Crippen molar-refractivity contribution in [3.63, 3.8) is 0 Å². The van der Waals surface area contributed by atoms with Gasteiger partial charge in [0.15, 0.2) is 0 Å². The predicted octanol–water partition coefficient (Wildman–Crippen LogP) is 4.83. The Labute approximate surface area is 124 Å². The van der Waals surface area contributed by atoms with Gasteiger partial charge < -0.3 is 5.32 Å². The van der Waals surface area contributed by atoms with Crippen LogP contribution in [-0.4, -0.2) is 7.05 Å². The highest BCUT2D eigenvalue weighted by Gasteiger charge is 2.09. The van der Waals surface area contributed by atoms with Crippen LogP contribution in [0.4, 0.5) is 0 Å². The van der Waals surface area contributed by atoms with E-state index in [-0.39, 0.29) is 0 Å². The average Bonchev–Trinajstić information content (AvgIpc) is 2.38. The molecule has 0 saturated carbocycles. The van der Waals surface area contributed by atoms with Crippen LogP contribution in [0.25, 0.3) is 0 Å². The molecule has 0 spiro atoms. The second-order valence-corrected chi connectivity index (χ2v) is 6.10. The van der Waals surface area contributed by atoms with Crippen LogP contribution >= 0.6 is 23.4 Å².